The molecule has 1 aromatic carbocycles. The highest BCUT2D eigenvalue weighted by Gasteiger charge is 2.11. The van der Waals surface area contributed by atoms with Gasteiger partial charge in [0, 0.05) is 0 Å². The van der Waals surface area contributed by atoms with Crippen LogP contribution in [0.15, 0.2) is 30.3 Å². The van der Waals surface area contributed by atoms with Crippen LogP contribution in [0, 0.1) is 0 Å². The largest absolute Gasteiger partial charge is 0.373 e. The molecule has 0 fully saturated rings. The van der Waals surface area contributed by atoms with Crippen molar-refractivity contribution >= 4 is 5.78 Å². The zero-order valence-electron chi connectivity index (χ0n) is 8.07. The molecule has 1 rings (SSSR count). The van der Waals surface area contributed by atoms with Gasteiger partial charge in [-0.2, -0.15) is 0 Å². The van der Waals surface area contributed by atoms with Crippen LogP contribution < -0.4 is 0 Å². The Bertz CT molecular complexity index is 285. The second-order valence-electron chi connectivity index (χ2n) is 3.08. The Balaban J connectivity index is 2.26. The van der Waals surface area contributed by atoms with Gasteiger partial charge in [-0.05, 0) is 12.5 Å². The number of halogens is 1. The van der Waals surface area contributed by atoms with Crippen LogP contribution in [0.1, 0.15) is 12.5 Å². The molecule has 0 aliphatic rings. The molecule has 76 valence electrons. The van der Waals surface area contributed by atoms with E-state index in [1.54, 1.807) is 0 Å². The van der Waals surface area contributed by atoms with Gasteiger partial charge in [0.05, 0.1) is 13.2 Å². The Hall–Kier alpha value is -1.22. The third-order valence-corrected chi connectivity index (χ3v) is 1.82. The molecule has 2 nitrogen and oxygen atoms in total. The number of benzene rings is 1. The van der Waals surface area contributed by atoms with Gasteiger partial charge >= 0.3 is 0 Å². The zero-order valence-corrected chi connectivity index (χ0v) is 8.07. The number of ether oxygens (including phenoxy) is 1. The minimum Gasteiger partial charge on any atom is -0.373 e. The highest BCUT2D eigenvalue weighted by molar-refractivity contribution is 5.80. The third-order valence-electron chi connectivity index (χ3n) is 1.82. The Kier molecular flexibility index (Phi) is 4.26. The standard InChI is InChI=1S/C11H13FO2/c1-9(13)11(12)8-14-7-10-5-3-2-4-6-10/h2-6,11H,7-8H2,1H3/t11-/m0/s1. The average Bonchev–Trinajstić information content (AvgIpc) is 2.19. The molecule has 0 saturated heterocycles. The minimum atomic E-state index is -1.50. The van der Waals surface area contributed by atoms with Gasteiger partial charge in [0.2, 0.25) is 0 Å². The van der Waals surface area contributed by atoms with Crippen LogP contribution in [0.2, 0.25) is 0 Å². The van der Waals surface area contributed by atoms with Crippen molar-refractivity contribution in [1.82, 2.24) is 0 Å². The lowest BCUT2D eigenvalue weighted by Gasteiger charge is -2.05. The van der Waals surface area contributed by atoms with Gasteiger partial charge in [-0.15, -0.1) is 0 Å². The molecule has 0 saturated carbocycles. The predicted molar refractivity (Wildman–Crippen MR) is 51.7 cm³/mol. The van der Waals surface area contributed by atoms with Crippen LogP contribution in [0.4, 0.5) is 4.39 Å². The van der Waals surface area contributed by atoms with E-state index in [0.717, 1.165) is 5.56 Å². The molecule has 0 spiro atoms. The molecular formula is C11H13FO2. The topological polar surface area (TPSA) is 26.3 Å². The van der Waals surface area contributed by atoms with Crippen molar-refractivity contribution in [1.29, 1.82) is 0 Å². The molecule has 1 atom stereocenters. The van der Waals surface area contributed by atoms with Crippen molar-refractivity contribution < 1.29 is 13.9 Å². The number of alkyl halides is 1. The summed E-state index contributed by atoms with van der Waals surface area (Å²) in [6.45, 7) is 1.40. The molecule has 0 N–H and O–H groups in total. The molecule has 3 heteroatoms. The van der Waals surface area contributed by atoms with Crippen molar-refractivity contribution in [2.24, 2.45) is 0 Å². The van der Waals surface area contributed by atoms with Gasteiger partial charge in [-0.3, -0.25) is 4.79 Å². The summed E-state index contributed by atoms with van der Waals surface area (Å²) in [6, 6.07) is 9.45. The molecule has 14 heavy (non-hydrogen) atoms. The fourth-order valence-corrected chi connectivity index (χ4v) is 0.972. The van der Waals surface area contributed by atoms with E-state index in [9.17, 15) is 9.18 Å². The average molecular weight is 196 g/mol. The van der Waals surface area contributed by atoms with Gasteiger partial charge < -0.3 is 4.74 Å². The Morgan fingerprint density at radius 3 is 2.64 bits per heavy atom. The Morgan fingerprint density at radius 2 is 2.07 bits per heavy atom. The van der Waals surface area contributed by atoms with Crippen LogP contribution in [-0.4, -0.2) is 18.6 Å². The molecule has 0 aromatic heterocycles. The van der Waals surface area contributed by atoms with Crippen molar-refractivity contribution in [2.75, 3.05) is 6.61 Å². The van der Waals surface area contributed by atoms with Gasteiger partial charge in [-0.1, -0.05) is 30.3 Å². The van der Waals surface area contributed by atoms with Crippen LogP contribution >= 0.6 is 0 Å². The number of rotatable bonds is 5. The lowest BCUT2D eigenvalue weighted by atomic mass is 10.2. The first-order chi connectivity index (χ1) is 6.70. The molecule has 0 aliphatic heterocycles. The number of hydrogen-bond acceptors (Lipinski definition) is 2. The van der Waals surface area contributed by atoms with Crippen molar-refractivity contribution in [3.63, 3.8) is 0 Å². The molecule has 0 radical (unpaired) electrons. The molecule has 0 unspecified atom stereocenters. The predicted octanol–water partition coefficient (Wildman–Crippen LogP) is 2.13. The van der Waals surface area contributed by atoms with Crippen molar-refractivity contribution in [3.05, 3.63) is 35.9 Å². The summed E-state index contributed by atoms with van der Waals surface area (Å²) in [5.41, 5.74) is 0.975. The Morgan fingerprint density at radius 1 is 1.43 bits per heavy atom. The summed E-state index contributed by atoms with van der Waals surface area (Å²) in [5, 5.41) is 0. The van der Waals surface area contributed by atoms with E-state index >= 15 is 0 Å². The quantitative estimate of drug-likeness (QED) is 0.721. The highest BCUT2D eigenvalue weighted by Crippen LogP contribution is 2.02. The monoisotopic (exact) mass is 196 g/mol. The van der Waals surface area contributed by atoms with Gasteiger partial charge in [0.1, 0.15) is 0 Å². The fraction of sp³-hybridized carbons (Fsp3) is 0.364. The summed E-state index contributed by atoms with van der Waals surface area (Å²) in [6.07, 6.45) is -1.50. The summed E-state index contributed by atoms with van der Waals surface area (Å²) in [5.74, 6) is -0.488. The Labute approximate surface area is 82.7 Å². The SMILES string of the molecule is CC(=O)[C@@H](F)COCc1ccccc1. The lowest BCUT2D eigenvalue weighted by molar-refractivity contribution is -0.124. The summed E-state index contributed by atoms with van der Waals surface area (Å²) in [7, 11) is 0. The van der Waals surface area contributed by atoms with E-state index in [4.69, 9.17) is 4.74 Å². The molecular weight excluding hydrogens is 183 g/mol. The molecule has 0 bridgehead atoms. The molecule has 0 heterocycles. The summed E-state index contributed by atoms with van der Waals surface area (Å²) in [4.78, 5) is 10.5. The molecule has 1 aromatic rings. The van der Waals surface area contributed by atoms with E-state index in [1.165, 1.54) is 6.92 Å². The van der Waals surface area contributed by atoms with Crippen molar-refractivity contribution in [2.45, 2.75) is 19.7 Å². The zero-order chi connectivity index (χ0) is 10.4. The number of Topliss-reactive ketones (excluding diaryl/α,β-unsaturated/α-hetero) is 1. The molecule has 0 aliphatic carbocycles. The highest BCUT2D eigenvalue weighted by atomic mass is 19.1. The second-order valence-corrected chi connectivity index (χ2v) is 3.08. The third kappa shape index (κ3) is 3.66. The first-order valence-electron chi connectivity index (χ1n) is 4.46. The van der Waals surface area contributed by atoms with Gasteiger partial charge in [0.25, 0.3) is 0 Å². The second kappa shape index (κ2) is 5.50. The lowest BCUT2D eigenvalue weighted by Crippen LogP contribution is -2.18. The van der Waals surface area contributed by atoms with E-state index in [0.29, 0.717) is 6.61 Å². The minimum absolute atomic E-state index is 0.162. The molecule has 0 amide bonds. The fourth-order valence-electron chi connectivity index (χ4n) is 0.972. The maximum Gasteiger partial charge on any atom is 0.181 e. The van der Waals surface area contributed by atoms with Gasteiger partial charge in [-0.25, -0.2) is 4.39 Å². The van der Waals surface area contributed by atoms with Gasteiger partial charge in [0.15, 0.2) is 12.0 Å². The van der Waals surface area contributed by atoms with E-state index in [2.05, 4.69) is 0 Å². The van der Waals surface area contributed by atoms with E-state index in [-0.39, 0.29) is 6.61 Å². The first kappa shape index (κ1) is 10.9. The smallest absolute Gasteiger partial charge is 0.181 e. The maximum absolute atomic E-state index is 12.8. The number of ketones is 1. The summed E-state index contributed by atoms with van der Waals surface area (Å²) < 4.78 is 17.8. The number of carbonyl (C=O) groups is 1. The van der Waals surface area contributed by atoms with Crippen LogP contribution in [0.25, 0.3) is 0 Å². The first-order valence-corrected chi connectivity index (χ1v) is 4.46. The number of carbonyl (C=O) groups excluding carboxylic acids is 1. The normalized spacial score (nSPS) is 12.4. The maximum atomic E-state index is 12.8. The summed E-state index contributed by atoms with van der Waals surface area (Å²) >= 11 is 0. The van der Waals surface area contributed by atoms with E-state index < -0.39 is 12.0 Å². The van der Waals surface area contributed by atoms with Crippen molar-refractivity contribution in [3.8, 4) is 0 Å². The van der Waals surface area contributed by atoms with Crippen LogP contribution in [-0.2, 0) is 16.1 Å². The number of hydrogen-bond donors (Lipinski definition) is 0. The van der Waals surface area contributed by atoms with Crippen LogP contribution in [0.5, 0.6) is 0 Å². The van der Waals surface area contributed by atoms with E-state index in [1.807, 2.05) is 30.3 Å². The van der Waals surface area contributed by atoms with Crippen LogP contribution in [0.3, 0.4) is 0 Å².